The first-order valence-corrected chi connectivity index (χ1v) is 15.7. The van der Waals surface area contributed by atoms with Crippen molar-refractivity contribution < 1.29 is 18.0 Å². The first-order chi connectivity index (χ1) is 19.2. The van der Waals surface area contributed by atoms with E-state index in [1.54, 1.807) is 37.3 Å². The Balaban J connectivity index is 2.08. The molecule has 3 aromatic rings. The maximum absolute atomic E-state index is 14.0. The third-order valence-electron chi connectivity index (χ3n) is 6.30. The molecule has 3 aromatic carbocycles. The maximum atomic E-state index is 14.0. The molecule has 220 valence electrons. The number of nitrogens with one attached hydrogen (secondary N) is 1. The molecular formula is C29H31Cl4N3O4S. The van der Waals surface area contributed by atoms with Crippen molar-refractivity contribution in [1.29, 1.82) is 0 Å². The first-order valence-electron chi connectivity index (χ1n) is 12.8. The van der Waals surface area contributed by atoms with E-state index in [1.165, 1.54) is 35.2 Å². The number of hydrogen-bond acceptors (Lipinski definition) is 4. The molecule has 1 N–H and O–H groups in total. The second-order valence-corrected chi connectivity index (χ2v) is 13.5. The highest BCUT2D eigenvalue weighted by molar-refractivity contribution is 7.92. The summed E-state index contributed by atoms with van der Waals surface area (Å²) >= 11 is 25.2. The molecule has 7 nitrogen and oxygen atoms in total. The zero-order chi connectivity index (χ0) is 30.5. The molecule has 0 bridgehead atoms. The van der Waals surface area contributed by atoms with Gasteiger partial charge in [0.05, 0.1) is 20.6 Å². The summed E-state index contributed by atoms with van der Waals surface area (Å²) in [6.45, 7) is 6.96. The van der Waals surface area contributed by atoms with E-state index in [9.17, 15) is 18.0 Å². The molecule has 0 aliphatic carbocycles. The average Bonchev–Trinajstić information content (AvgIpc) is 2.91. The lowest BCUT2D eigenvalue weighted by Crippen LogP contribution is -2.51. The second-order valence-electron chi connectivity index (χ2n) is 9.97. The number of hydrogen-bond donors (Lipinski definition) is 1. The Hall–Kier alpha value is -2.49. The molecule has 0 saturated carbocycles. The van der Waals surface area contributed by atoms with Crippen LogP contribution in [0.4, 0.5) is 5.69 Å². The van der Waals surface area contributed by atoms with Gasteiger partial charge >= 0.3 is 0 Å². The number of sulfonamides is 1. The third-order valence-corrected chi connectivity index (χ3v) is 9.47. The van der Waals surface area contributed by atoms with Gasteiger partial charge in [0.15, 0.2) is 0 Å². The lowest BCUT2D eigenvalue weighted by molar-refractivity contribution is -0.139. The van der Waals surface area contributed by atoms with E-state index in [0.29, 0.717) is 22.2 Å². The van der Waals surface area contributed by atoms with Gasteiger partial charge in [0, 0.05) is 23.1 Å². The third kappa shape index (κ3) is 8.30. The molecule has 0 radical (unpaired) electrons. The lowest BCUT2D eigenvalue weighted by atomic mass is 10.1. The van der Waals surface area contributed by atoms with E-state index in [0.717, 1.165) is 9.87 Å². The lowest BCUT2D eigenvalue weighted by Gasteiger charge is -2.32. The largest absolute Gasteiger partial charge is 0.354 e. The molecule has 0 aromatic heterocycles. The highest BCUT2D eigenvalue weighted by atomic mass is 35.5. The number of carbonyl (C=O) groups is 2. The van der Waals surface area contributed by atoms with Crippen LogP contribution in [0.1, 0.15) is 31.9 Å². The minimum atomic E-state index is -4.29. The van der Waals surface area contributed by atoms with Gasteiger partial charge in [-0.05, 0) is 61.7 Å². The Morgan fingerprint density at radius 3 is 2.17 bits per heavy atom. The van der Waals surface area contributed by atoms with E-state index in [-0.39, 0.29) is 33.1 Å². The van der Waals surface area contributed by atoms with Crippen molar-refractivity contribution >= 4 is 73.9 Å². The second kappa shape index (κ2) is 14.1. The Bertz CT molecular complexity index is 1510. The van der Waals surface area contributed by atoms with Crippen molar-refractivity contribution in [1.82, 2.24) is 10.2 Å². The summed E-state index contributed by atoms with van der Waals surface area (Å²) in [5, 5.41) is 3.62. The quantitative estimate of drug-likeness (QED) is 0.241. The maximum Gasteiger partial charge on any atom is 0.264 e. The zero-order valence-electron chi connectivity index (χ0n) is 23.0. The van der Waals surface area contributed by atoms with E-state index in [1.807, 2.05) is 20.8 Å². The number of carbonyl (C=O) groups excluding carboxylic acids is 2. The SMILES string of the molecule is Cc1ccc(S(=O)(=O)N(CC(=O)N(Cc2ccc(Cl)cc2Cl)C(C)C(=O)NCC(C)C)c2cccc(Cl)c2Cl)cc1. The fraction of sp³-hybridized carbons (Fsp3) is 0.310. The Labute approximate surface area is 261 Å². The van der Waals surface area contributed by atoms with Gasteiger partial charge in [-0.15, -0.1) is 0 Å². The van der Waals surface area contributed by atoms with Crippen LogP contribution in [-0.2, 0) is 26.2 Å². The van der Waals surface area contributed by atoms with Crippen LogP contribution in [0, 0.1) is 12.8 Å². The highest BCUT2D eigenvalue weighted by Gasteiger charge is 2.34. The number of nitrogens with zero attached hydrogens (tertiary/aromatic N) is 2. The first kappa shape index (κ1) is 33.0. The monoisotopic (exact) mass is 657 g/mol. The van der Waals surface area contributed by atoms with Crippen LogP contribution >= 0.6 is 46.4 Å². The molecule has 1 atom stereocenters. The number of benzene rings is 3. The van der Waals surface area contributed by atoms with Gasteiger partial charge in [-0.3, -0.25) is 13.9 Å². The number of rotatable bonds is 11. The summed E-state index contributed by atoms with van der Waals surface area (Å²) in [5.41, 5.74) is 1.41. The molecule has 41 heavy (non-hydrogen) atoms. The molecule has 12 heteroatoms. The predicted octanol–water partition coefficient (Wildman–Crippen LogP) is 6.99. The number of aryl methyl sites for hydroxylation is 1. The molecule has 0 spiro atoms. The number of amides is 2. The van der Waals surface area contributed by atoms with Gasteiger partial charge in [-0.2, -0.15) is 0 Å². The normalized spacial score (nSPS) is 12.2. The zero-order valence-corrected chi connectivity index (χ0v) is 26.8. The molecule has 0 aliphatic heterocycles. The fourth-order valence-corrected chi connectivity index (χ4v) is 6.25. The van der Waals surface area contributed by atoms with Crippen LogP contribution in [0.15, 0.2) is 65.6 Å². The van der Waals surface area contributed by atoms with E-state index >= 15 is 0 Å². The van der Waals surface area contributed by atoms with Crippen LogP contribution in [0.25, 0.3) is 0 Å². The molecule has 0 aliphatic rings. The molecule has 1 unspecified atom stereocenters. The molecule has 0 heterocycles. The van der Waals surface area contributed by atoms with Crippen LogP contribution in [0.2, 0.25) is 20.1 Å². The minimum Gasteiger partial charge on any atom is -0.354 e. The van der Waals surface area contributed by atoms with Crippen molar-refractivity contribution in [2.75, 3.05) is 17.4 Å². The molecule has 2 amide bonds. The van der Waals surface area contributed by atoms with Crippen molar-refractivity contribution in [3.8, 4) is 0 Å². The summed E-state index contributed by atoms with van der Waals surface area (Å²) in [6, 6.07) is 14.6. The van der Waals surface area contributed by atoms with E-state index in [2.05, 4.69) is 5.32 Å². The molecule has 0 saturated heterocycles. The smallest absolute Gasteiger partial charge is 0.264 e. The fourth-order valence-electron chi connectivity index (χ4n) is 3.90. The Kier molecular flexibility index (Phi) is 11.4. The Morgan fingerprint density at radius 2 is 1.56 bits per heavy atom. The van der Waals surface area contributed by atoms with Crippen molar-refractivity contribution in [2.45, 2.75) is 45.2 Å². The summed E-state index contributed by atoms with van der Waals surface area (Å²) < 4.78 is 28.8. The van der Waals surface area contributed by atoms with Crippen LogP contribution in [-0.4, -0.2) is 44.3 Å². The Morgan fingerprint density at radius 1 is 0.902 bits per heavy atom. The van der Waals surface area contributed by atoms with Crippen LogP contribution in [0.5, 0.6) is 0 Å². The summed E-state index contributed by atoms with van der Waals surface area (Å²) in [6.07, 6.45) is 0. The summed E-state index contributed by atoms with van der Waals surface area (Å²) in [7, 11) is -4.29. The number of anilines is 1. The minimum absolute atomic E-state index is 0.0227. The van der Waals surface area contributed by atoms with Crippen molar-refractivity contribution in [3.05, 3.63) is 91.9 Å². The van der Waals surface area contributed by atoms with Crippen LogP contribution in [0.3, 0.4) is 0 Å². The van der Waals surface area contributed by atoms with Gasteiger partial charge in [-0.1, -0.05) is 90.1 Å². The van der Waals surface area contributed by atoms with Gasteiger partial charge < -0.3 is 10.2 Å². The summed E-state index contributed by atoms with van der Waals surface area (Å²) in [4.78, 5) is 28.4. The number of halogens is 4. The van der Waals surface area contributed by atoms with Crippen molar-refractivity contribution in [3.63, 3.8) is 0 Å². The topological polar surface area (TPSA) is 86.8 Å². The van der Waals surface area contributed by atoms with Gasteiger partial charge in [0.25, 0.3) is 10.0 Å². The van der Waals surface area contributed by atoms with Gasteiger partial charge in [0.1, 0.15) is 12.6 Å². The van der Waals surface area contributed by atoms with E-state index in [4.69, 9.17) is 46.4 Å². The molecule has 3 rings (SSSR count). The standard InChI is InChI=1S/C29H31Cl4N3O4S/c1-18(2)15-34-29(38)20(4)35(16-21-10-11-22(30)14-25(21)32)27(37)17-36(26-7-5-6-24(31)28(26)33)41(39,40)23-12-8-19(3)9-13-23/h5-14,18,20H,15-17H2,1-4H3,(H,34,38). The van der Waals surface area contributed by atoms with Gasteiger partial charge in [0.2, 0.25) is 11.8 Å². The van der Waals surface area contributed by atoms with E-state index < -0.39 is 34.4 Å². The van der Waals surface area contributed by atoms with Crippen molar-refractivity contribution in [2.24, 2.45) is 5.92 Å². The summed E-state index contributed by atoms with van der Waals surface area (Å²) in [5.74, 6) is -0.873. The predicted molar refractivity (Wildman–Crippen MR) is 166 cm³/mol. The van der Waals surface area contributed by atoms with Gasteiger partial charge in [-0.25, -0.2) is 8.42 Å². The highest BCUT2D eigenvalue weighted by Crippen LogP contribution is 2.35. The molecular weight excluding hydrogens is 628 g/mol. The molecule has 0 fully saturated rings. The van der Waals surface area contributed by atoms with Crippen LogP contribution < -0.4 is 9.62 Å². The average molecular weight is 659 g/mol.